The molecule has 2 aromatic rings. The van der Waals surface area contributed by atoms with Crippen molar-refractivity contribution in [2.45, 2.75) is 26.3 Å². The molecule has 5 nitrogen and oxygen atoms in total. The number of anilines is 1. The Kier molecular flexibility index (Phi) is 3.59. The van der Waals surface area contributed by atoms with Crippen LogP contribution in [0.1, 0.15) is 41.6 Å². The summed E-state index contributed by atoms with van der Waals surface area (Å²) in [5.41, 5.74) is 1.66. The van der Waals surface area contributed by atoms with Crippen LogP contribution in [-0.4, -0.2) is 22.5 Å². The molecule has 6 heteroatoms. The molecule has 3 rings (SSSR count). The summed E-state index contributed by atoms with van der Waals surface area (Å²) < 4.78 is 0. The van der Waals surface area contributed by atoms with Crippen molar-refractivity contribution >= 4 is 23.3 Å². The molecule has 1 amide bonds. The molecular weight excluding hydrogens is 288 g/mol. The maximum absolute atomic E-state index is 11.9. The molecule has 1 aromatic carbocycles. The van der Waals surface area contributed by atoms with E-state index >= 15 is 0 Å². The number of rotatable bonds is 3. The predicted octanol–water partition coefficient (Wildman–Crippen LogP) is 2.89. The van der Waals surface area contributed by atoms with Crippen molar-refractivity contribution in [2.75, 3.05) is 11.6 Å². The molecule has 0 bridgehead atoms. The average Bonchev–Trinajstić information content (AvgIpc) is 2.91. The summed E-state index contributed by atoms with van der Waals surface area (Å²) in [5.74, 6) is 1.70. The van der Waals surface area contributed by atoms with E-state index in [0.717, 1.165) is 17.2 Å². The first-order valence-corrected chi connectivity index (χ1v) is 7.30. The van der Waals surface area contributed by atoms with Crippen molar-refractivity contribution < 1.29 is 4.79 Å². The second-order valence-corrected chi connectivity index (χ2v) is 5.90. The van der Waals surface area contributed by atoms with E-state index in [-0.39, 0.29) is 11.8 Å². The van der Waals surface area contributed by atoms with Crippen LogP contribution in [0.15, 0.2) is 24.3 Å². The molecule has 110 valence electrons. The summed E-state index contributed by atoms with van der Waals surface area (Å²) in [4.78, 5) is 21.7. The van der Waals surface area contributed by atoms with E-state index < -0.39 is 0 Å². The lowest BCUT2D eigenvalue weighted by Gasteiger charge is -2.27. The van der Waals surface area contributed by atoms with Crippen LogP contribution in [0, 0.1) is 0 Å². The molecule has 0 atom stereocenters. The molecule has 0 aliphatic carbocycles. The minimum absolute atomic E-state index is 0.100. The molecule has 0 saturated heterocycles. The fourth-order valence-electron chi connectivity index (χ4n) is 2.31. The van der Waals surface area contributed by atoms with E-state index in [2.05, 4.69) is 15.3 Å². The van der Waals surface area contributed by atoms with Crippen LogP contribution in [0.2, 0.25) is 5.02 Å². The molecule has 2 N–H and O–H groups in total. The van der Waals surface area contributed by atoms with Crippen molar-refractivity contribution in [2.24, 2.45) is 0 Å². The van der Waals surface area contributed by atoms with E-state index in [9.17, 15) is 4.79 Å². The molecule has 21 heavy (non-hydrogen) atoms. The van der Waals surface area contributed by atoms with Gasteiger partial charge in [0.05, 0.1) is 6.67 Å². The second-order valence-electron chi connectivity index (χ2n) is 5.46. The second kappa shape index (κ2) is 5.41. The van der Waals surface area contributed by atoms with Crippen molar-refractivity contribution in [1.29, 1.82) is 0 Å². The van der Waals surface area contributed by atoms with Gasteiger partial charge in [0.1, 0.15) is 11.5 Å². The summed E-state index contributed by atoms with van der Waals surface area (Å²) in [6.45, 7) is 5.22. The summed E-state index contributed by atoms with van der Waals surface area (Å²) >= 11 is 5.90. The number of aromatic nitrogens is 2. The van der Waals surface area contributed by atoms with E-state index in [4.69, 9.17) is 11.6 Å². The minimum Gasteiger partial charge on any atom is -0.336 e. The zero-order valence-electron chi connectivity index (χ0n) is 12.0. The third-order valence-electron chi connectivity index (χ3n) is 3.49. The number of imidazole rings is 1. The van der Waals surface area contributed by atoms with Gasteiger partial charge in [-0.05, 0) is 17.7 Å². The van der Waals surface area contributed by atoms with Crippen molar-refractivity contribution in [3.05, 3.63) is 46.4 Å². The Morgan fingerprint density at radius 2 is 2.05 bits per heavy atom. The van der Waals surface area contributed by atoms with Gasteiger partial charge >= 0.3 is 0 Å². The van der Waals surface area contributed by atoms with Gasteiger partial charge < -0.3 is 15.2 Å². The maximum Gasteiger partial charge on any atom is 0.272 e. The minimum atomic E-state index is -0.100. The molecule has 0 saturated carbocycles. The Morgan fingerprint density at radius 1 is 1.33 bits per heavy atom. The third kappa shape index (κ3) is 2.74. The number of nitrogens with zero attached hydrogens (tertiary/aromatic N) is 2. The quantitative estimate of drug-likeness (QED) is 0.916. The Hall–Kier alpha value is -2.01. The number of H-pyrrole nitrogens is 1. The van der Waals surface area contributed by atoms with Crippen molar-refractivity contribution in [3.63, 3.8) is 0 Å². The Morgan fingerprint density at radius 3 is 2.71 bits per heavy atom. The number of benzene rings is 1. The number of aromatic amines is 1. The number of carbonyl (C=O) groups is 1. The van der Waals surface area contributed by atoms with Crippen LogP contribution in [0.25, 0.3) is 0 Å². The van der Waals surface area contributed by atoms with Gasteiger partial charge in [0.15, 0.2) is 5.82 Å². The maximum atomic E-state index is 11.9. The number of hydrogen-bond acceptors (Lipinski definition) is 3. The van der Waals surface area contributed by atoms with E-state index in [1.165, 1.54) is 0 Å². The SMILES string of the molecule is CC(C)c1nc2c([nH]1)C(=O)NCN2Cc1ccc(Cl)cc1. The zero-order chi connectivity index (χ0) is 15.0. The highest BCUT2D eigenvalue weighted by molar-refractivity contribution is 6.30. The van der Waals surface area contributed by atoms with Crippen LogP contribution < -0.4 is 10.2 Å². The van der Waals surface area contributed by atoms with Crippen LogP contribution >= 0.6 is 11.6 Å². The lowest BCUT2D eigenvalue weighted by atomic mass is 10.2. The van der Waals surface area contributed by atoms with E-state index in [1.807, 2.05) is 43.0 Å². The summed E-state index contributed by atoms with van der Waals surface area (Å²) in [5, 5.41) is 3.58. The number of carbonyl (C=O) groups excluding carboxylic acids is 1. The fraction of sp³-hybridized carbons (Fsp3) is 0.333. The van der Waals surface area contributed by atoms with Crippen molar-refractivity contribution in [1.82, 2.24) is 15.3 Å². The van der Waals surface area contributed by atoms with Crippen LogP contribution in [-0.2, 0) is 6.54 Å². The summed E-state index contributed by atoms with van der Waals surface area (Å²) in [7, 11) is 0. The summed E-state index contributed by atoms with van der Waals surface area (Å²) in [6.07, 6.45) is 0. The molecule has 0 spiro atoms. The van der Waals surface area contributed by atoms with Gasteiger partial charge in [0.25, 0.3) is 5.91 Å². The number of nitrogens with one attached hydrogen (secondary N) is 2. The van der Waals surface area contributed by atoms with Gasteiger partial charge in [-0.1, -0.05) is 37.6 Å². The van der Waals surface area contributed by atoms with Crippen LogP contribution in [0.3, 0.4) is 0 Å². The van der Waals surface area contributed by atoms with E-state index in [1.54, 1.807) is 0 Å². The van der Waals surface area contributed by atoms with Gasteiger partial charge in [-0.3, -0.25) is 4.79 Å². The highest BCUT2D eigenvalue weighted by atomic mass is 35.5. The van der Waals surface area contributed by atoms with Gasteiger partial charge in [-0.15, -0.1) is 0 Å². The highest BCUT2D eigenvalue weighted by Crippen LogP contribution is 2.25. The first kappa shape index (κ1) is 13.9. The fourth-order valence-corrected chi connectivity index (χ4v) is 2.44. The first-order chi connectivity index (χ1) is 10.0. The van der Waals surface area contributed by atoms with Crippen LogP contribution in [0.5, 0.6) is 0 Å². The monoisotopic (exact) mass is 304 g/mol. The largest absolute Gasteiger partial charge is 0.336 e. The Bertz CT molecular complexity index is 663. The normalized spacial score (nSPS) is 14.3. The van der Waals surface area contributed by atoms with Gasteiger partial charge in [-0.25, -0.2) is 4.98 Å². The molecular formula is C15H17ClN4O. The van der Waals surface area contributed by atoms with Crippen LogP contribution in [0.4, 0.5) is 5.82 Å². The highest BCUT2D eigenvalue weighted by Gasteiger charge is 2.27. The smallest absolute Gasteiger partial charge is 0.272 e. The predicted molar refractivity (Wildman–Crippen MR) is 82.6 cm³/mol. The zero-order valence-corrected chi connectivity index (χ0v) is 12.7. The molecule has 2 heterocycles. The average molecular weight is 305 g/mol. The Labute approximate surface area is 128 Å². The molecule has 0 fully saturated rings. The molecule has 1 aromatic heterocycles. The standard InChI is InChI=1S/C15H17ClN4O/c1-9(2)13-18-12-14(19-13)20(8-17-15(12)21)7-10-3-5-11(16)6-4-10/h3-6,9H,7-8H2,1-2H3,(H,17,21)(H,18,19). The van der Waals surface area contributed by atoms with E-state index in [0.29, 0.717) is 23.9 Å². The van der Waals surface area contributed by atoms with Gasteiger partial charge in [0.2, 0.25) is 0 Å². The first-order valence-electron chi connectivity index (χ1n) is 6.92. The molecule has 0 unspecified atom stereocenters. The van der Waals surface area contributed by atoms with Gasteiger partial charge in [0, 0.05) is 17.5 Å². The topological polar surface area (TPSA) is 61.0 Å². The molecule has 0 radical (unpaired) electrons. The Balaban J connectivity index is 1.89. The number of hydrogen-bond donors (Lipinski definition) is 2. The van der Waals surface area contributed by atoms with Crippen molar-refractivity contribution in [3.8, 4) is 0 Å². The third-order valence-corrected chi connectivity index (χ3v) is 3.75. The lowest BCUT2D eigenvalue weighted by molar-refractivity contribution is 0.0942. The number of halogens is 1. The molecule has 1 aliphatic rings. The molecule has 1 aliphatic heterocycles. The lowest BCUT2D eigenvalue weighted by Crippen LogP contribution is -2.43. The van der Waals surface area contributed by atoms with Gasteiger partial charge in [-0.2, -0.15) is 0 Å². The summed E-state index contributed by atoms with van der Waals surface area (Å²) in [6, 6.07) is 7.69. The number of amides is 1. The number of fused-ring (bicyclic) bond motifs is 1.